The van der Waals surface area contributed by atoms with Gasteiger partial charge in [-0.05, 0) is 38.2 Å². The van der Waals surface area contributed by atoms with Gasteiger partial charge in [0.1, 0.15) is 5.75 Å². The van der Waals surface area contributed by atoms with Crippen molar-refractivity contribution >= 4 is 11.9 Å². The summed E-state index contributed by atoms with van der Waals surface area (Å²) in [4.78, 5) is 20.8. The average molecular weight is 366 g/mol. The van der Waals surface area contributed by atoms with Crippen LogP contribution in [0.1, 0.15) is 48.0 Å². The average Bonchev–Trinajstić information content (AvgIpc) is 2.73. The minimum absolute atomic E-state index is 0.209. The van der Waals surface area contributed by atoms with Crippen LogP contribution in [0.25, 0.3) is 0 Å². The Morgan fingerprint density at radius 1 is 1.19 bits per heavy atom. The number of benzene rings is 1. The van der Waals surface area contributed by atoms with E-state index >= 15 is 0 Å². The lowest BCUT2D eigenvalue weighted by atomic mass is 9.97. The van der Waals surface area contributed by atoms with Crippen LogP contribution in [0.5, 0.6) is 5.75 Å². The fraction of sp³-hybridized carbons (Fsp3) is 0.381. The van der Waals surface area contributed by atoms with Gasteiger partial charge in [0.2, 0.25) is 5.95 Å². The van der Waals surface area contributed by atoms with Gasteiger partial charge >= 0.3 is 0 Å². The van der Waals surface area contributed by atoms with Crippen molar-refractivity contribution < 1.29 is 9.53 Å². The van der Waals surface area contributed by atoms with Crippen LogP contribution in [-0.4, -0.2) is 29.5 Å². The van der Waals surface area contributed by atoms with E-state index in [2.05, 4.69) is 26.7 Å². The highest BCUT2D eigenvalue weighted by molar-refractivity contribution is 5.93. The SMILES string of the molecule is COc1ccccc1CNC(=O)c1cnc(NCCC2=CCCCC2)nc1. The minimum Gasteiger partial charge on any atom is -0.496 e. The van der Waals surface area contributed by atoms with Crippen LogP contribution in [0.4, 0.5) is 5.95 Å². The molecule has 27 heavy (non-hydrogen) atoms. The summed E-state index contributed by atoms with van der Waals surface area (Å²) in [6, 6.07) is 7.60. The van der Waals surface area contributed by atoms with Crippen LogP contribution in [0.2, 0.25) is 0 Å². The number of hydrogen-bond acceptors (Lipinski definition) is 5. The summed E-state index contributed by atoms with van der Waals surface area (Å²) in [6.45, 7) is 1.20. The second-order valence-corrected chi connectivity index (χ2v) is 6.57. The Morgan fingerprint density at radius 2 is 2.00 bits per heavy atom. The lowest BCUT2D eigenvalue weighted by molar-refractivity contribution is 0.0950. The van der Waals surface area contributed by atoms with E-state index in [0.29, 0.717) is 18.1 Å². The van der Waals surface area contributed by atoms with Crippen molar-refractivity contribution in [1.29, 1.82) is 0 Å². The molecule has 0 unspecified atom stereocenters. The summed E-state index contributed by atoms with van der Waals surface area (Å²) in [7, 11) is 1.62. The molecule has 1 heterocycles. The topological polar surface area (TPSA) is 76.1 Å². The van der Waals surface area contributed by atoms with E-state index in [1.54, 1.807) is 19.5 Å². The molecule has 6 nitrogen and oxygen atoms in total. The van der Waals surface area contributed by atoms with Crippen molar-refractivity contribution in [3.8, 4) is 5.75 Å². The standard InChI is InChI=1S/C21H26N4O2/c1-27-19-10-6-5-9-17(19)13-23-20(26)18-14-24-21(25-15-18)22-12-11-16-7-3-2-4-8-16/h5-7,9-10,14-15H,2-4,8,11-13H2,1H3,(H,23,26)(H,22,24,25). The second kappa shape index (κ2) is 9.71. The summed E-state index contributed by atoms with van der Waals surface area (Å²) >= 11 is 0. The maximum Gasteiger partial charge on any atom is 0.254 e. The van der Waals surface area contributed by atoms with Gasteiger partial charge in [-0.1, -0.05) is 29.8 Å². The molecule has 0 radical (unpaired) electrons. The summed E-state index contributed by atoms with van der Waals surface area (Å²) in [5.41, 5.74) is 2.87. The minimum atomic E-state index is -0.209. The number of ether oxygens (including phenoxy) is 1. The maximum atomic E-state index is 12.3. The molecule has 1 aromatic heterocycles. The fourth-order valence-corrected chi connectivity index (χ4v) is 3.13. The number of para-hydroxylation sites is 1. The molecule has 2 N–H and O–H groups in total. The van der Waals surface area contributed by atoms with Crippen LogP contribution in [-0.2, 0) is 6.54 Å². The first-order chi connectivity index (χ1) is 13.3. The Labute approximate surface area is 160 Å². The first kappa shape index (κ1) is 18.9. The molecule has 1 aromatic carbocycles. The molecule has 0 saturated heterocycles. The molecular weight excluding hydrogens is 340 g/mol. The predicted molar refractivity (Wildman–Crippen MR) is 106 cm³/mol. The number of nitrogens with zero attached hydrogens (tertiary/aromatic N) is 2. The van der Waals surface area contributed by atoms with E-state index in [1.165, 1.54) is 31.3 Å². The summed E-state index contributed by atoms with van der Waals surface area (Å²) in [5, 5.41) is 6.09. The van der Waals surface area contributed by atoms with Gasteiger partial charge in [-0.15, -0.1) is 0 Å². The lowest BCUT2D eigenvalue weighted by Crippen LogP contribution is -2.23. The van der Waals surface area contributed by atoms with Crippen molar-refractivity contribution in [3.05, 3.63) is 59.4 Å². The highest BCUT2D eigenvalue weighted by Gasteiger charge is 2.09. The van der Waals surface area contributed by atoms with Crippen LogP contribution in [0.15, 0.2) is 48.3 Å². The molecule has 0 fully saturated rings. The van der Waals surface area contributed by atoms with Crippen molar-refractivity contribution in [2.45, 2.75) is 38.6 Å². The first-order valence-electron chi connectivity index (χ1n) is 9.40. The molecule has 0 aliphatic heterocycles. The summed E-state index contributed by atoms with van der Waals surface area (Å²) in [6.07, 6.45) is 11.5. The number of amides is 1. The van der Waals surface area contributed by atoms with Crippen LogP contribution >= 0.6 is 0 Å². The molecule has 2 aromatic rings. The smallest absolute Gasteiger partial charge is 0.254 e. The van der Waals surface area contributed by atoms with Crippen molar-refractivity contribution in [2.24, 2.45) is 0 Å². The number of hydrogen-bond donors (Lipinski definition) is 2. The number of allylic oxidation sites excluding steroid dienone is 1. The highest BCUT2D eigenvalue weighted by Crippen LogP contribution is 2.20. The Bertz CT molecular complexity index is 787. The summed E-state index contributed by atoms with van der Waals surface area (Å²) < 4.78 is 5.29. The number of carbonyl (C=O) groups is 1. The van der Waals surface area contributed by atoms with Gasteiger partial charge in [0.15, 0.2) is 0 Å². The van der Waals surface area contributed by atoms with Crippen molar-refractivity contribution in [1.82, 2.24) is 15.3 Å². The molecule has 0 atom stereocenters. The zero-order valence-electron chi connectivity index (χ0n) is 15.7. The normalized spacial score (nSPS) is 13.6. The monoisotopic (exact) mass is 366 g/mol. The molecule has 0 spiro atoms. The van der Waals surface area contributed by atoms with Gasteiger partial charge < -0.3 is 15.4 Å². The number of aromatic nitrogens is 2. The van der Waals surface area contributed by atoms with Gasteiger partial charge in [0.05, 0.1) is 12.7 Å². The fourth-order valence-electron chi connectivity index (χ4n) is 3.13. The van der Waals surface area contributed by atoms with Crippen molar-refractivity contribution in [3.63, 3.8) is 0 Å². The third-order valence-corrected chi connectivity index (χ3v) is 4.66. The van der Waals surface area contributed by atoms with E-state index in [0.717, 1.165) is 24.3 Å². The third-order valence-electron chi connectivity index (χ3n) is 4.66. The van der Waals surface area contributed by atoms with Gasteiger partial charge in [0.25, 0.3) is 5.91 Å². The number of rotatable bonds is 8. The lowest BCUT2D eigenvalue weighted by Gasteiger charge is -2.13. The van der Waals surface area contributed by atoms with E-state index in [-0.39, 0.29) is 5.91 Å². The quantitative estimate of drug-likeness (QED) is 0.697. The molecule has 1 amide bonds. The van der Waals surface area contributed by atoms with Crippen molar-refractivity contribution in [2.75, 3.05) is 19.0 Å². The maximum absolute atomic E-state index is 12.3. The molecule has 1 aliphatic rings. The zero-order valence-corrected chi connectivity index (χ0v) is 15.7. The Balaban J connectivity index is 1.47. The molecule has 0 saturated carbocycles. The van der Waals surface area contributed by atoms with E-state index in [9.17, 15) is 4.79 Å². The Kier molecular flexibility index (Phi) is 6.79. The molecule has 1 aliphatic carbocycles. The zero-order chi connectivity index (χ0) is 18.9. The number of anilines is 1. The molecule has 3 rings (SSSR count). The highest BCUT2D eigenvalue weighted by atomic mass is 16.5. The Morgan fingerprint density at radius 3 is 2.74 bits per heavy atom. The number of nitrogens with one attached hydrogen (secondary N) is 2. The summed E-state index contributed by atoms with van der Waals surface area (Å²) in [5.74, 6) is 1.09. The number of carbonyl (C=O) groups excluding carboxylic acids is 1. The third kappa shape index (κ3) is 5.54. The molecule has 142 valence electrons. The van der Waals surface area contributed by atoms with Gasteiger partial charge in [-0.25, -0.2) is 9.97 Å². The van der Waals surface area contributed by atoms with Gasteiger partial charge in [0, 0.05) is 31.0 Å². The molecular formula is C21H26N4O2. The van der Waals surface area contributed by atoms with E-state index in [4.69, 9.17) is 4.74 Å². The van der Waals surface area contributed by atoms with Crippen LogP contribution in [0.3, 0.4) is 0 Å². The van der Waals surface area contributed by atoms with E-state index in [1.807, 2.05) is 24.3 Å². The second-order valence-electron chi connectivity index (χ2n) is 6.57. The largest absolute Gasteiger partial charge is 0.496 e. The molecule has 0 bridgehead atoms. The van der Waals surface area contributed by atoms with Gasteiger partial charge in [-0.3, -0.25) is 4.79 Å². The van der Waals surface area contributed by atoms with E-state index < -0.39 is 0 Å². The molecule has 6 heteroatoms. The predicted octanol–water partition coefficient (Wildman–Crippen LogP) is 3.72. The first-order valence-corrected chi connectivity index (χ1v) is 9.40. The Hall–Kier alpha value is -2.89. The van der Waals surface area contributed by atoms with Gasteiger partial charge in [-0.2, -0.15) is 0 Å². The van der Waals surface area contributed by atoms with Crippen LogP contribution < -0.4 is 15.4 Å². The number of methoxy groups -OCH3 is 1. The van der Waals surface area contributed by atoms with Crippen LogP contribution in [0, 0.1) is 0 Å².